The van der Waals surface area contributed by atoms with Crippen LogP contribution < -0.4 is 5.32 Å². The SMILES string of the molecule is CCc1cccc(NC(=O)CC(O)c2ccccc2)c1. The summed E-state index contributed by atoms with van der Waals surface area (Å²) in [4.78, 5) is 11.9. The van der Waals surface area contributed by atoms with Crippen LogP contribution in [-0.4, -0.2) is 11.0 Å². The van der Waals surface area contributed by atoms with Gasteiger partial charge in [0.05, 0.1) is 12.5 Å². The van der Waals surface area contributed by atoms with Gasteiger partial charge in [0.2, 0.25) is 5.91 Å². The van der Waals surface area contributed by atoms with Gasteiger partial charge in [0.1, 0.15) is 0 Å². The van der Waals surface area contributed by atoms with Crippen molar-refractivity contribution in [2.45, 2.75) is 25.9 Å². The number of carbonyl (C=O) groups excluding carboxylic acids is 1. The quantitative estimate of drug-likeness (QED) is 0.875. The molecule has 2 rings (SSSR count). The summed E-state index contributed by atoms with van der Waals surface area (Å²) in [7, 11) is 0. The Morgan fingerprint density at radius 3 is 2.60 bits per heavy atom. The number of hydrogen-bond donors (Lipinski definition) is 2. The first-order valence-electron chi connectivity index (χ1n) is 6.81. The minimum atomic E-state index is -0.773. The van der Waals surface area contributed by atoms with Crippen LogP contribution in [0.3, 0.4) is 0 Å². The van der Waals surface area contributed by atoms with Gasteiger partial charge in [-0.2, -0.15) is 0 Å². The Morgan fingerprint density at radius 2 is 1.90 bits per heavy atom. The number of rotatable bonds is 5. The first-order valence-corrected chi connectivity index (χ1v) is 6.81. The molecule has 2 aromatic carbocycles. The molecule has 2 N–H and O–H groups in total. The summed E-state index contributed by atoms with van der Waals surface area (Å²) in [6.45, 7) is 2.07. The third kappa shape index (κ3) is 3.93. The first-order chi connectivity index (χ1) is 9.69. The molecule has 20 heavy (non-hydrogen) atoms. The van der Waals surface area contributed by atoms with Crippen molar-refractivity contribution in [3.05, 3.63) is 65.7 Å². The molecule has 0 aliphatic heterocycles. The largest absolute Gasteiger partial charge is 0.388 e. The monoisotopic (exact) mass is 269 g/mol. The van der Waals surface area contributed by atoms with Crippen molar-refractivity contribution in [2.75, 3.05) is 5.32 Å². The van der Waals surface area contributed by atoms with Gasteiger partial charge in [0, 0.05) is 5.69 Å². The maximum atomic E-state index is 11.9. The molecule has 1 unspecified atom stereocenters. The highest BCUT2D eigenvalue weighted by Crippen LogP contribution is 2.17. The van der Waals surface area contributed by atoms with Crippen molar-refractivity contribution < 1.29 is 9.90 Å². The predicted octanol–water partition coefficient (Wildman–Crippen LogP) is 3.31. The summed E-state index contributed by atoms with van der Waals surface area (Å²) in [5.74, 6) is -0.186. The molecular formula is C17H19NO2. The number of aliphatic hydroxyl groups is 1. The molecule has 0 spiro atoms. The number of aliphatic hydroxyl groups excluding tert-OH is 1. The number of nitrogens with one attached hydrogen (secondary N) is 1. The Bertz CT molecular complexity index is 566. The second kappa shape index (κ2) is 6.87. The lowest BCUT2D eigenvalue weighted by atomic mass is 10.1. The zero-order chi connectivity index (χ0) is 14.4. The van der Waals surface area contributed by atoms with E-state index >= 15 is 0 Å². The Kier molecular flexibility index (Phi) is 4.91. The van der Waals surface area contributed by atoms with E-state index in [2.05, 4.69) is 12.2 Å². The molecule has 0 heterocycles. The van der Waals surface area contributed by atoms with Gasteiger partial charge >= 0.3 is 0 Å². The van der Waals surface area contributed by atoms with Crippen LogP contribution in [0.15, 0.2) is 54.6 Å². The van der Waals surface area contributed by atoms with E-state index in [1.807, 2.05) is 54.6 Å². The van der Waals surface area contributed by atoms with Gasteiger partial charge in [0.25, 0.3) is 0 Å². The van der Waals surface area contributed by atoms with Crippen molar-refractivity contribution in [3.8, 4) is 0 Å². The maximum absolute atomic E-state index is 11.9. The number of aryl methyl sites for hydroxylation is 1. The fourth-order valence-corrected chi connectivity index (χ4v) is 2.05. The second-order valence-corrected chi connectivity index (χ2v) is 4.73. The molecule has 104 valence electrons. The molecule has 3 nitrogen and oxygen atoms in total. The molecule has 3 heteroatoms. The van der Waals surface area contributed by atoms with Gasteiger partial charge < -0.3 is 10.4 Å². The van der Waals surface area contributed by atoms with E-state index in [1.54, 1.807) is 0 Å². The highest BCUT2D eigenvalue weighted by Gasteiger charge is 2.12. The molecule has 1 amide bonds. The van der Waals surface area contributed by atoms with Crippen molar-refractivity contribution in [2.24, 2.45) is 0 Å². The number of hydrogen-bond acceptors (Lipinski definition) is 2. The van der Waals surface area contributed by atoms with Crippen molar-refractivity contribution in [1.29, 1.82) is 0 Å². The molecule has 0 fully saturated rings. The molecule has 2 aromatic rings. The van der Waals surface area contributed by atoms with Gasteiger partial charge in [-0.3, -0.25) is 4.79 Å². The normalized spacial score (nSPS) is 11.9. The molecule has 0 bridgehead atoms. The van der Waals surface area contributed by atoms with Gasteiger partial charge in [-0.25, -0.2) is 0 Å². The maximum Gasteiger partial charge on any atom is 0.227 e. The molecule has 0 aliphatic rings. The molecule has 0 radical (unpaired) electrons. The van der Waals surface area contributed by atoms with Crippen LogP contribution in [0.5, 0.6) is 0 Å². The minimum Gasteiger partial charge on any atom is -0.388 e. The fourth-order valence-electron chi connectivity index (χ4n) is 2.05. The van der Waals surface area contributed by atoms with Crippen LogP contribution in [0.4, 0.5) is 5.69 Å². The van der Waals surface area contributed by atoms with Crippen LogP contribution in [0, 0.1) is 0 Å². The molecule has 0 saturated heterocycles. The van der Waals surface area contributed by atoms with E-state index in [4.69, 9.17) is 0 Å². The second-order valence-electron chi connectivity index (χ2n) is 4.73. The summed E-state index contributed by atoms with van der Waals surface area (Å²) >= 11 is 0. The number of anilines is 1. The van der Waals surface area contributed by atoms with Crippen LogP contribution in [0.1, 0.15) is 30.6 Å². The van der Waals surface area contributed by atoms with Gasteiger partial charge in [-0.05, 0) is 29.7 Å². The third-order valence-electron chi connectivity index (χ3n) is 3.18. The summed E-state index contributed by atoms with van der Waals surface area (Å²) < 4.78 is 0. The summed E-state index contributed by atoms with van der Waals surface area (Å²) in [6, 6.07) is 17.0. The average Bonchev–Trinajstić information content (AvgIpc) is 2.48. The van der Waals surface area contributed by atoms with Crippen LogP contribution in [-0.2, 0) is 11.2 Å². The lowest BCUT2D eigenvalue weighted by molar-refractivity contribution is -0.118. The average molecular weight is 269 g/mol. The number of benzene rings is 2. The first kappa shape index (κ1) is 14.3. The lowest BCUT2D eigenvalue weighted by Crippen LogP contribution is -2.15. The zero-order valence-corrected chi connectivity index (χ0v) is 11.5. The molecular weight excluding hydrogens is 250 g/mol. The zero-order valence-electron chi connectivity index (χ0n) is 11.5. The Hall–Kier alpha value is -2.13. The lowest BCUT2D eigenvalue weighted by Gasteiger charge is -2.11. The summed E-state index contributed by atoms with van der Waals surface area (Å²) in [6.07, 6.45) is 0.210. The highest BCUT2D eigenvalue weighted by atomic mass is 16.3. The van der Waals surface area contributed by atoms with E-state index in [1.165, 1.54) is 5.56 Å². The van der Waals surface area contributed by atoms with E-state index in [0.717, 1.165) is 17.7 Å². The number of amides is 1. The third-order valence-corrected chi connectivity index (χ3v) is 3.18. The summed E-state index contributed by atoms with van der Waals surface area (Å²) in [5.41, 5.74) is 2.70. The van der Waals surface area contributed by atoms with Gasteiger partial charge in [-0.1, -0.05) is 49.4 Å². The topological polar surface area (TPSA) is 49.3 Å². The Labute approximate surface area is 119 Å². The Morgan fingerprint density at radius 1 is 1.15 bits per heavy atom. The van der Waals surface area contributed by atoms with Crippen LogP contribution in [0.25, 0.3) is 0 Å². The number of carbonyl (C=O) groups is 1. The highest BCUT2D eigenvalue weighted by molar-refractivity contribution is 5.91. The molecule has 1 atom stereocenters. The van der Waals surface area contributed by atoms with Crippen molar-refractivity contribution in [3.63, 3.8) is 0 Å². The smallest absolute Gasteiger partial charge is 0.227 e. The van der Waals surface area contributed by atoms with E-state index in [9.17, 15) is 9.90 Å². The van der Waals surface area contributed by atoms with E-state index < -0.39 is 6.10 Å². The van der Waals surface area contributed by atoms with Gasteiger partial charge in [0.15, 0.2) is 0 Å². The minimum absolute atomic E-state index is 0.0559. The van der Waals surface area contributed by atoms with Crippen LogP contribution in [0.2, 0.25) is 0 Å². The molecule has 0 aromatic heterocycles. The van der Waals surface area contributed by atoms with Crippen LogP contribution >= 0.6 is 0 Å². The van der Waals surface area contributed by atoms with Crippen molar-refractivity contribution in [1.82, 2.24) is 0 Å². The fraction of sp³-hybridized carbons (Fsp3) is 0.235. The molecule has 0 saturated carbocycles. The van der Waals surface area contributed by atoms with E-state index in [0.29, 0.717) is 0 Å². The predicted molar refractivity (Wildman–Crippen MR) is 80.5 cm³/mol. The van der Waals surface area contributed by atoms with E-state index in [-0.39, 0.29) is 12.3 Å². The standard InChI is InChI=1S/C17H19NO2/c1-2-13-7-6-10-15(11-13)18-17(20)12-16(19)14-8-4-3-5-9-14/h3-11,16,19H,2,12H2,1H3,(H,18,20). The van der Waals surface area contributed by atoms with Crippen molar-refractivity contribution >= 4 is 11.6 Å². The molecule has 0 aliphatic carbocycles. The Balaban J connectivity index is 1.95. The summed E-state index contributed by atoms with van der Waals surface area (Å²) in [5, 5.41) is 12.8. The van der Waals surface area contributed by atoms with Gasteiger partial charge in [-0.15, -0.1) is 0 Å².